The van der Waals surface area contributed by atoms with Crippen molar-refractivity contribution in [2.24, 2.45) is 0 Å². The molecule has 1 N–H and O–H groups in total. The third-order valence-electron chi connectivity index (χ3n) is 1.95. The summed E-state index contributed by atoms with van der Waals surface area (Å²) in [7, 11) is -1.88. The first-order chi connectivity index (χ1) is 6.46. The number of aliphatic hydroxyl groups excluding tert-OH is 1. The van der Waals surface area contributed by atoms with Crippen molar-refractivity contribution in [3.8, 4) is 0 Å². The monoisotopic (exact) mass is 225 g/mol. The minimum absolute atomic E-state index is 0.320. The second-order valence-corrected chi connectivity index (χ2v) is 5.51. The summed E-state index contributed by atoms with van der Waals surface area (Å²) in [5.41, 5.74) is 0. The van der Waals surface area contributed by atoms with Gasteiger partial charge in [-0.3, -0.25) is 0 Å². The lowest BCUT2D eigenvalue weighted by atomic mass is 10.5. The zero-order chi connectivity index (χ0) is 11.2. The lowest BCUT2D eigenvalue weighted by Gasteiger charge is -2.20. The van der Waals surface area contributed by atoms with Gasteiger partial charge in [0.15, 0.2) is 0 Å². The highest BCUT2D eigenvalue weighted by Gasteiger charge is 2.24. The number of hydrogen-bond acceptors (Lipinski definition) is 4. The Balaban J connectivity index is 4.15. The second-order valence-electron chi connectivity index (χ2n) is 3.06. The molecule has 0 aromatic rings. The summed E-state index contributed by atoms with van der Waals surface area (Å²) in [6.07, 6.45) is 0. The number of rotatable bonds is 7. The number of hydrogen-bond donors (Lipinski definition) is 1. The maximum atomic E-state index is 11.6. The SMILES string of the molecule is CCOCCN(C)S(=O)(=O)C(C)CO. The third-order valence-corrected chi connectivity index (χ3v) is 4.17. The molecule has 0 spiro atoms. The molecule has 0 aromatic carbocycles. The summed E-state index contributed by atoms with van der Waals surface area (Å²) >= 11 is 0. The van der Waals surface area contributed by atoms with Crippen molar-refractivity contribution >= 4 is 10.0 Å². The van der Waals surface area contributed by atoms with E-state index >= 15 is 0 Å². The van der Waals surface area contributed by atoms with Gasteiger partial charge in [-0.15, -0.1) is 0 Å². The number of ether oxygens (including phenoxy) is 1. The van der Waals surface area contributed by atoms with Crippen molar-refractivity contribution in [1.82, 2.24) is 4.31 Å². The van der Waals surface area contributed by atoms with E-state index in [4.69, 9.17) is 9.84 Å². The van der Waals surface area contributed by atoms with E-state index in [1.165, 1.54) is 18.3 Å². The van der Waals surface area contributed by atoms with Crippen LogP contribution < -0.4 is 0 Å². The van der Waals surface area contributed by atoms with Crippen molar-refractivity contribution in [2.45, 2.75) is 19.1 Å². The fraction of sp³-hybridized carbons (Fsp3) is 1.00. The van der Waals surface area contributed by atoms with Crippen LogP contribution in [0.3, 0.4) is 0 Å². The predicted octanol–water partition coefficient (Wildman–Crippen LogP) is -0.335. The molecule has 0 heterocycles. The molecule has 5 nitrogen and oxygen atoms in total. The molecule has 0 aliphatic heterocycles. The smallest absolute Gasteiger partial charge is 0.218 e. The maximum absolute atomic E-state index is 11.6. The average Bonchev–Trinajstić information content (AvgIpc) is 2.16. The summed E-state index contributed by atoms with van der Waals surface area (Å²) in [5, 5.41) is 8.00. The Labute approximate surface area is 85.7 Å². The summed E-state index contributed by atoms with van der Waals surface area (Å²) in [4.78, 5) is 0. The van der Waals surface area contributed by atoms with Gasteiger partial charge in [0.1, 0.15) is 0 Å². The van der Waals surface area contributed by atoms with E-state index in [2.05, 4.69) is 0 Å². The average molecular weight is 225 g/mol. The van der Waals surface area contributed by atoms with E-state index in [0.29, 0.717) is 19.8 Å². The predicted molar refractivity (Wildman–Crippen MR) is 54.6 cm³/mol. The Morgan fingerprint density at radius 3 is 2.50 bits per heavy atom. The van der Waals surface area contributed by atoms with Gasteiger partial charge in [-0.2, -0.15) is 0 Å². The van der Waals surface area contributed by atoms with Crippen LogP contribution in [0.25, 0.3) is 0 Å². The molecule has 0 radical (unpaired) electrons. The van der Waals surface area contributed by atoms with Crippen molar-refractivity contribution in [3.63, 3.8) is 0 Å². The van der Waals surface area contributed by atoms with Crippen molar-refractivity contribution in [2.75, 3.05) is 33.4 Å². The first-order valence-electron chi connectivity index (χ1n) is 4.60. The zero-order valence-corrected chi connectivity index (χ0v) is 9.75. The van der Waals surface area contributed by atoms with Gasteiger partial charge in [0.2, 0.25) is 10.0 Å². The summed E-state index contributed by atoms with van der Waals surface area (Å²) in [6, 6.07) is 0. The van der Waals surface area contributed by atoms with Gasteiger partial charge < -0.3 is 9.84 Å². The van der Waals surface area contributed by atoms with E-state index in [9.17, 15) is 8.42 Å². The van der Waals surface area contributed by atoms with Gasteiger partial charge in [-0.1, -0.05) is 0 Å². The number of sulfonamides is 1. The van der Waals surface area contributed by atoms with E-state index in [1.807, 2.05) is 6.92 Å². The zero-order valence-electron chi connectivity index (χ0n) is 8.93. The molecule has 0 saturated heterocycles. The molecule has 0 amide bonds. The topological polar surface area (TPSA) is 66.8 Å². The number of aliphatic hydroxyl groups is 1. The molecule has 0 fully saturated rings. The highest BCUT2D eigenvalue weighted by molar-refractivity contribution is 7.89. The van der Waals surface area contributed by atoms with Crippen LogP contribution in [0, 0.1) is 0 Å². The molecule has 86 valence electrons. The van der Waals surface area contributed by atoms with Gasteiger partial charge in [0, 0.05) is 20.2 Å². The standard InChI is InChI=1S/C8H19NO4S/c1-4-13-6-5-9(3)14(11,12)8(2)7-10/h8,10H,4-7H2,1-3H3. The Kier molecular flexibility index (Phi) is 6.26. The Morgan fingerprint density at radius 1 is 1.50 bits per heavy atom. The highest BCUT2D eigenvalue weighted by Crippen LogP contribution is 2.05. The van der Waals surface area contributed by atoms with Crippen LogP contribution in [0.2, 0.25) is 0 Å². The van der Waals surface area contributed by atoms with Crippen LogP contribution in [0.5, 0.6) is 0 Å². The second kappa shape index (κ2) is 6.34. The van der Waals surface area contributed by atoms with Crippen LogP contribution in [-0.2, 0) is 14.8 Å². The van der Waals surface area contributed by atoms with Crippen LogP contribution in [0.4, 0.5) is 0 Å². The number of nitrogens with zero attached hydrogens (tertiary/aromatic N) is 1. The molecule has 6 heteroatoms. The lowest BCUT2D eigenvalue weighted by molar-refractivity contribution is 0.138. The third kappa shape index (κ3) is 3.91. The van der Waals surface area contributed by atoms with Crippen molar-refractivity contribution in [1.29, 1.82) is 0 Å². The Hall–Kier alpha value is -0.170. The molecule has 0 bridgehead atoms. The molecule has 0 aliphatic rings. The molecular formula is C8H19NO4S. The van der Waals surface area contributed by atoms with Gasteiger partial charge in [0.25, 0.3) is 0 Å². The summed E-state index contributed by atoms with van der Waals surface area (Å²) < 4.78 is 29.4. The molecule has 0 rings (SSSR count). The van der Waals surface area contributed by atoms with E-state index in [-0.39, 0.29) is 6.61 Å². The van der Waals surface area contributed by atoms with Gasteiger partial charge in [0.05, 0.1) is 18.5 Å². The fourth-order valence-corrected chi connectivity index (χ4v) is 2.00. The fourth-order valence-electron chi connectivity index (χ4n) is 0.866. The van der Waals surface area contributed by atoms with Gasteiger partial charge in [-0.05, 0) is 13.8 Å². The molecule has 14 heavy (non-hydrogen) atoms. The maximum Gasteiger partial charge on any atom is 0.218 e. The van der Waals surface area contributed by atoms with Crippen molar-refractivity contribution in [3.05, 3.63) is 0 Å². The van der Waals surface area contributed by atoms with Crippen LogP contribution in [0.1, 0.15) is 13.8 Å². The van der Waals surface area contributed by atoms with Crippen LogP contribution >= 0.6 is 0 Å². The largest absolute Gasteiger partial charge is 0.395 e. The van der Waals surface area contributed by atoms with Crippen LogP contribution in [-0.4, -0.2) is 56.5 Å². The molecular weight excluding hydrogens is 206 g/mol. The minimum Gasteiger partial charge on any atom is -0.395 e. The number of likely N-dealkylation sites (N-methyl/N-ethyl adjacent to an activating group) is 1. The minimum atomic E-state index is -3.37. The Bertz CT molecular complexity index is 240. The molecule has 1 unspecified atom stereocenters. The quantitative estimate of drug-likeness (QED) is 0.602. The normalized spacial score (nSPS) is 14.6. The lowest BCUT2D eigenvalue weighted by Crippen LogP contribution is -2.38. The summed E-state index contributed by atoms with van der Waals surface area (Å²) in [5.74, 6) is 0. The first-order valence-corrected chi connectivity index (χ1v) is 6.10. The molecule has 0 aliphatic carbocycles. The van der Waals surface area contributed by atoms with E-state index in [1.54, 1.807) is 0 Å². The molecule has 0 saturated carbocycles. The highest BCUT2D eigenvalue weighted by atomic mass is 32.2. The molecule has 1 atom stereocenters. The molecule has 0 aromatic heterocycles. The van der Waals surface area contributed by atoms with Gasteiger partial charge >= 0.3 is 0 Å². The van der Waals surface area contributed by atoms with Crippen molar-refractivity contribution < 1.29 is 18.3 Å². The summed E-state index contributed by atoms with van der Waals surface area (Å²) in [6.45, 7) is 4.24. The van der Waals surface area contributed by atoms with Crippen LogP contribution in [0.15, 0.2) is 0 Å². The van der Waals surface area contributed by atoms with Gasteiger partial charge in [-0.25, -0.2) is 12.7 Å². The van der Waals surface area contributed by atoms with E-state index < -0.39 is 15.3 Å². The first kappa shape index (κ1) is 13.8. The Morgan fingerprint density at radius 2 is 2.07 bits per heavy atom. The van der Waals surface area contributed by atoms with E-state index in [0.717, 1.165) is 0 Å².